The zero-order chi connectivity index (χ0) is 18.1. The Labute approximate surface area is 157 Å². The zero-order valence-electron chi connectivity index (χ0n) is 14.8. The highest BCUT2D eigenvalue weighted by Gasteiger charge is 2.17. The molecule has 5 heteroatoms. The van der Waals surface area contributed by atoms with Crippen LogP contribution in [-0.2, 0) is 13.0 Å². The van der Waals surface area contributed by atoms with Crippen molar-refractivity contribution < 1.29 is 0 Å². The molecule has 132 valence electrons. The molecule has 1 aliphatic rings. The molecule has 4 aromatic rings. The average Bonchev–Trinajstić information content (AvgIpc) is 2.73. The second-order valence-corrected chi connectivity index (χ2v) is 6.74. The van der Waals surface area contributed by atoms with Crippen LogP contribution in [0.3, 0.4) is 0 Å². The maximum atomic E-state index is 4.74. The van der Waals surface area contributed by atoms with E-state index in [2.05, 4.69) is 56.6 Å². The summed E-state index contributed by atoms with van der Waals surface area (Å²) in [6, 6.07) is 18.8. The number of aromatic nitrogens is 3. The zero-order valence-corrected chi connectivity index (χ0v) is 14.8. The highest BCUT2D eigenvalue weighted by molar-refractivity contribution is 5.85. The lowest BCUT2D eigenvalue weighted by Crippen LogP contribution is -2.31. The molecular weight excluding hydrogens is 334 g/mol. The Balaban J connectivity index is 1.39. The lowest BCUT2D eigenvalue weighted by Gasteiger charge is -2.29. The van der Waals surface area contributed by atoms with E-state index in [0.717, 1.165) is 41.8 Å². The number of anilines is 3. The molecule has 2 aromatic carbocycles. The van der Waals surface area contributed by atoms with Crippen LogP contribution in [0, 0.1) is 0 Å². The van der Waals surface area contributed by atoms with Gasteiger partial charge in [0.25, 0.3) is 0 Å². The van der Waals surface area contributed by atoms with Gasteiger partial charge in [-0.3, -0.25) is 4.98 Å². The Hall–Kier alpha value is -3.47. The first-order valence-electron chi connectivity index (χ1n) is 9.11. The Morgan fingerprint density at radius 1 is 0.889 bits per heavy atom. The van der Waals surface area contributed by atoms with Gasteiger partial charge in [0.05, 0.1) is 0 Å². The molecule has 0 aliphatic carbocycles. The van der Waals surface area contributed by atoms with Gasteiger partial charge in [-0.2, -0.15) is 4.98 Å². The highest BCUT2D eigenvalue weighted by Crippen LogP contribution is 2.25. The summed E-state index contributed by atoms with van der Waals surface area (Å²) >= 11 is 0. The van der Waals surface area contributed by atoms with Gasteiger partial charge < -0.3 is 10.2 Å². The minimum atomic E-state index is 0.611. The van der Waals surface area contributed by atoms with E-state index in [1.807, 2.05) is 30.6 Å². The molecular formula is C22H19N5. The van der Waals surface area contributed by atoms with E-state index >= 15 is 0 Å². The normalized spacial score (nSPS) is 13.4. The summed E-state index contributed by atoms with van der Waals surface area (Å²) in [5, 5.41) is 5.58. The number of rotatable bonds is 3. The second kappa shape index (κ2) is 6.68. The predicted molar refractivity (Wildman–Crippen MR) is 108 cm³/mol. The van der Waals surface area contributed by atoms with Crippen LogP contribution < -0.4 is 10.2 Å². The van der Waals surface area contributed by atoms with Crippen molar-refractivity contribution in [2.45, 2.75) is 13.0 Å². The Kier molecular flexibility index (Phi) is 3.90. The van der Waals surface area contributed by atoms with Gasteiger partial charge >= 0.3 is 0 Å². The van der Waals surface area contributed by atoms with E-state index in [-0.39, 0.29) is 0 Å². The number of nitrogens with zero attached hydrogens (tertiary/aromatic N) is 4. The first kappa shape index (κ1) is 15.8. The Bertz CT molecular complexity index is 1110. The van der Waals surface area contributed by atoms with Crippen LogP contribution in [0.25, 0.3) is 10.8 Å². The van der Waals surface area contributed by atoms with Crippen LogP contribution in [0.2, 0.25) is 0 Å². The lowest BCUT2D eigenvalue weighted by atomic mass is 10.00. The molecule has 5 nitrogen and oxygen atoms in total. The van der Waals surface area contributed by atoms with E-state index in [0.29, 0.717) is 5.95 Å². The molecule has 3 heterocycles. The molecule has 0 spiro atoms. The third-order valence-electron chi connectivity index (χ3n) is 4.99. The summed E-state index contributed by atoms with van der Waals surface area (Å²) in [6.45, 7) is 1.85. The van der Waals surface area contributed by atoms with Crippen LogP contribution in [0.5, 0.6) is 0 Å². The topological polar surface area (TPSA) is 53.9 Å². The molecule has 27 heavy (non-hydrogen) atoms. The van der Waals surface area contributed by atoms with Gasteiger partial charge in [-0.15, -0.1) is 0 Å². The maximum absolute atomic E-state index is 4.74. The number of benzene rings is 2. The molecule has 0 atom stereocenters. The maximum Gasteiger partial charge on any atom is 0.229 e. The van der Waals surface area contributed by atoms with E-state index < -0.39 is 0 Å². The van der Waals surface area contributed by atoms with Crippen molar-refractivity contribution in [1.82, 2.24) is 15.0 Å². The van der Waals surface area contributed by atoms with Crippen molar-refractivity contribution in [2.75, 3.05) is 16.8 Å². The van der Waals surface area contributed by atoms with Gasteiger partial charge in [0.1, 0.15) is 5.82 Å². The van der Waals surface area contributed by atoms with Crippen LogP contribution >= 0.6 is 0 Å². The van der Waals surface area contributed by atoms with Crippen LogP contribution in [0.4, 0.5) is 17.5 Å². The summed E-state index contributed by atoms with van der Waals surface area (Å²) < 4.78 is 0. The number of fused-ring (bicyclic) bond motifs is 2. The van der Waals surface area contributed by atoms with E-state index in [4.69, 9.17) is 4.98 Å². The summed E-state index contributed by atoms with van der Waals surface area (Å²) in [5.41, 5.74) is 3.78. The summed E-state index contributed by atoms with van der Waals surface area (Å²) in [5.74, 6) is 1.56. The second-order valence-electron chi connectivity index (χ2n) is 6.74. The molecule has 5 rings (SSSR count). The average molecular weight is 353 g/mol. The lowest BCUT2D eigenvalue weighted by molar-refractivity contribution is 0.720. The number of nitrogens with one attached hydrogen (secondary N) is 1. The quantitative estimate of drug-likeness (QED) is 0.594. The van der Waals surface area contributed by atoms with Crippen molar-refractivity contribution in [3.63, 3.8) is 0 Å². The Morgan fingerprint density at radius 2 is 1.81 bits per heavy atom. The van der Waals surface area contributed by atoms with Crippen molar-refractivity contribution in [2.24, 2.45) is 0 Å². The molecule has 0 unspecified atom stereocenters. The monoisotopic (exact) mass is 353 g/mol. The third kappa shape index (κ3) is 3.19. The van der Waals surface area contributed by atoms with E-state index in [9.17, 15) is 0 Å². The van der Waals surface area contributed by atoms with Crippen molar-refractivity contribution in [3.05, 3.63) is 84.3 Å². The van der Waals surface area contributed by atoms with Crippen LogP contribution in [-0.4, -0.2) is 21.5 Å². The fraction of sp³-hybridized carbons (Fsp3) is 0.136. The molecule has 0 bridgehead atoms. The fourth-order valence-electron chi connectivity index (χ4n) is 3.57. The van der Waals surface area contributed by atoms with Crippen molar-refractivity contribution >= 4 is 28.2 Å². The van der Waals surface area contributed by atoms with Gasteiger partial charge in [0.2, 0.25) is 5.95 Å². The van der Waals surface area contributed by atoms with E-state index in [1.54, 1.807) is 6.20 Å². The highest BCUT2D eigenvalue weighted by atomic mass is 15.2. The summed E-state index contributed by atoms with van der Waals surface area (Å²) in [6.07, 6.45) is 6.53. The van der Waals surface area contributed by atoms with Crippen molar-refractivity contribution in [1.29, 1.82) is 0 Å². The van der Waals surface area contributed by atoms with E-state index in [1.165, 1.54) is 11.1 Å². The minimum Gasteiger partial charge on any atom is -0.352 e. The first-order valence-corrected chi connectivity index (χ1v) is 9.11. The van der Waals surface area contributed by atoms with Gasteiger partial charge in [-0.1, -0.05) is 30.3 Å². The molecule has 0 amide bonds. The number of pyridine rings is 1. The summed E-state index contributed by atoms with van der Waals surface area (Å²) in [7, 11) is 0. The van der Waals surface area contributed by atoms with Crippen LogP contribution in [0.1, 0.15) is 11.1 Å². The molecule has 0 saturated heterocycles. The van der Waals surface area contributed by atoms with Gasteiger partial charge in [0.15, 0.2) is 0 Å². The molecule has 2 aromatic heterocycles. The first-order chi connectivity index (χ1) is 13.3. The Morgan fingerprint density at radius 3 is 2.78 bits per heavy atom. The number of hydrogen-bond acceptors (Lipinski definition) is 5. The largest absolute Gasteiger partial charge is 0.352 e. The predicted octanol–water partition coefficient (Wildman–Crippen LogP) is 4.33. The van der Waals surface area contributed by atoms with Crippen LogP contribution in [0.15, 0.2) is 73.2 Å². The third-order valence-corrected chi connectivity index (χ3v) is 4.99. The molecule has 0 saturated carbocycles. The standard InChI is InChI=1S/C22H19N5/c1-2-4-19-15-27(12-9-16(19)3-1)21-8-11-24-22(26-21)25-20-6-5-18-14-23-10-7-17(18)13-20/h1-8,10-11,13-14H,9,12,15H2,(H,24,25,26). The molecule has 0 radical (unpaired) electrons. The number of hydrogen-bond donors (Lipinski definition) is 1. The fourth-order valence-corrected chi connectivity index (χ4v) is 3.57. The summed E-state index contributed by atoms with van der Waals surface area (Å²) in [4.78, 5) is 15.6. The SMILES string of the molecule is c1ccc2c(c1)CCN(c1ccnc(Nc3ccc4cnccc4c3)n1)C2. The van der Waals surface area contributed by atoms with Gasteiger partial charge in [-0.25, -0.2) is 4.98 Å². The molecule has 1 N–H and O–H groups in total. The minimum absolute atomic E-state index is 0.611. The smallest absolute Gasteiger partial charge is 0.229 e. The van der Waals surface area contributed by atoms with Gasteiger partial charge in [-0.05, 0) is 47.2 Å². The van der Waals surface area contributed by atoms with Gasteiger partial charge in [0, 0.05) is 42.8 Å². The van der Waals surface area contributed by atoms with Crippen molar-refractivity contribution in [3.8, 4) is 0 Å². The molecule has 1 aliphatic heterocycles. The molecule has 0 fully saturated rings.